The van der Waals surface area contributed by atoms with Crippen LogP contribution in [0.25, 0.3) is 5.65 Å². The van der Waals surface area contributed by atoms with Gasteiger partial charge in [0.05, 0.1) is 30.6 Å². The van der Waals surface area contributed by atoms with Gasteiger partial charge in [0.15, 0.2) is 0 Å². The summed E-state index contributed by atoms with van der Waals surface area (Å²) in [6.45, 7) is 0.413. The Kier molecular flexibility index (Phi) is 3.90. The van der Waals surface area contributed by atoms with Crippen LogP contribution in [0, 0.1) is 0 Å². The average molecular weight is 324 g/mol. The van der Waals surface area contributed by atoms with Gasteiger partial charge in [-0.15, -0.1) is 0 Å². The van der Waals surface area contributed by atoms with Crippen molar-refractivity contribution >= 4 is 11.7 Å². The second-order valence-electron chi connectivity index (χ2n) is 6.14. The van der Waals surface area contributed by atoms with Crippen molar-refractivity contribution in [2.75, 3.05) is 0 Å². The SMILES string of the molecule is O=C(NCc1cn2ccccc2n1)N[C@@H]1CCC[C@@H]1n1ccnc1. The van der Waals surface area contributed by atoms with Crippen molar-refractivity contribution in [1.82, 2.24) is 29.6 Å². The molecule has 0 radical (unpaired) electrons. The lowest BCUT2D eigenvalue weighted by Gasteiger charge is -2.22. The minimum Gasteiger partial charge on any atom is -0.333 e. The van der Waals surface area contributed by atoms with E-state index in [9.17, 15) is 4.79 Å². The van der Waals surface area contributed by atoms with Crippen LogP contribution in [-0.2, 0) is 6.54 Å². The van der Waals surface area contributed by atoms with E-state index in [0.29, 0.717) is 6.54 Å². The molecule has 0 unspecified atom stereocenters. The lowest BCUT2D eigenvalue weighted by molar-refractivity contribution is 0.233. The minimum absolute atomic E-state index is 0.139. The van der Waals surface area contributed by atoms with Gasteiger partial charge in [-0.2, -0.15) is 0 Å². The molecule has 1 aliphatic rings. The molecule has 2 amide bonds. The molecule has 3 aromatic rings. The molecular weight excluding hydrogens is 304 g/mol. The Labute approximate surface area is 139 Å². The predicted molar refractivity (Wildman–Crippen MR) is 89.5 cm³/mol. The van der Waals surface area contributed by atoms with E-state index in [0.717, 1.165) is 30.6 Å². The topological polar surface area (TPSA) is 76.2 Å². The van der Waals surface area contributed by atoms with Crippen LogP contribution in [-0.4, -0.2) is 31.0 Å². The Bertz CT molecular complexity index is 792. The summed E-state index contributed by atoms with van der Waals surface area (Å²) >= 11 is 0. The molecule has 124 valence electrons. The molecule has 1 aliphatic carbocycles. The molecular formula is C17H20N6O. The van der Waals surface area contributed by atoms with Crippen LogP contribution >= 0.6 is 0 Å². The zero-order valence-corrected chi connectivity index (χ0v) is 13.3. The first-order valence-corrected chi connectivity index (χ1v) is 8.24. The number of nitrogens with one attached hydrogen (secondary N) is 2. The smallest absolute Gasteiger partial charge is 0.315 e. The molecule has 0 saturated heterocycles. The van der Waals surface area contributed by atoms with Crippen molar-refractivity contribution in [1.29, 1.82) is 0 Å². The highest BCUT2D eigenvalue weighted by molar-refractivity contribution is 5.74. The van der Waals surface area contributed by atoms with Gasteiger partial charge in [-0.25, -0.2) is 14.8 Å². The van der Waals surface area contributed by atoms with Crippen molar-refractivity contribution in [3.8, 4) is 0 Å². The number of urea groups is 1. The van der Waals surface area contributed by atoms with Crippen molar-refractivity contribution in [3.05, 3.63) is 55.0 Å². The normalized spacial score (nSPS) is 20.3. The van der Waals surface area contributed by atoms with E-state index >= 15 is 0 Å². The summed E-state index contributed by atoms with van der Waals surface area (Å²) in [4.78, 5) is 20.8. The number of carbonyl (C=O) groups is 1. The van der Waals surface area contributed by atoms with E-state index in [2.05, 4.69) is 25.2 Å². The van der Waals surface area contributed by atoms with Gasteiger partial charge in [0.1, 0.15) is 5.65 Å². The van der Waals surface area contributed by atoms with Gasteiger partial charge in [-0.05, 0) is 31.4 Å². The molecule has 1 fully saturated rings. The van der Waals surface area contributed by atoms with Crippen molar-refractivity contribution < 1.29 is 4.79 Å². The molecule has 0 aromatic carbocycles. The number of hydrogen-bond donors (Lipinski definition) is 2. The van der Waals surface area contributed by atoms with Gasteiger partial charge >= 0.3 is 6.03 Å². The number of aromatic nitrogens is 4. The van der Waals surface area contributed by atoms with Gasteiger partial charge in [0, 0.05) is 24.8 Å². The first-order chi connectivity index (χ1) is 11.8. The zero-order valence-electron chi connectivity index (χ0n) is 13.3. The Morgan fingerprint density at radius 3 is 3.08 bits per heavy atom. The molecule has 3 aromatic heterocycles. The standard InChI is InChI=1S/C17H20N6O/c24-17(19-10-13-11-22-8-2-1-6-16(22)20-13)21-14-4-3-5-15(14)23-9-7-18-12-23/h1-2,6-9,11-12,14-15H,3-5,10H2,(H2,19,21,24)/t14-,15+/m1/s1. The zero-order chi connectivity index (χ0) is 16.4. The summed E-state index contributed by atoms with van der Waals surface area (Å²) in [6, 6.07) is 6.12. The lowest BCUT2D eigenvalue weighted by Crippen LogP contribution is -2.43. The number of fused-ring (bicyclic) bond motifs is 1. The van der Waals surface area contributed by atoms with Crippen LogP contribution in [0.5, 0.6) is 0 Å². The van der Waals surface area contributed by atoms with Crippen LogP contribution in [0.1, 0.15) is 31.0 Å². The molecule has 7 heteroatoms. The number of nitrogens with zero attached hydrogens (tertiary/aromatic N) is 4. The number of carbonyl (C=O) groups excluding carboxylic acids is 1. The van der Waals surface area contributed by atoms with E-state index in [1.807, 2.05) is 47.5 Å². The molecule has 0 aliphatic heterocycles. The first kappa shape index (κ1) is 14.7. The third-order valence-corrected chi connectivity index (χ3v) is 4.55. The molecule has 1 saturated carbocycles. The Morgan fingerprint density at radius 1 is 1.29 bits per heavy atom. The predicted octanol–water partition coefficient (Wildman–Crippen LogP) is 2.12. The van der Waals surface area contributed by atoms with Crippen LogP contribution in [0.15, 0.2) is 49.3 Å². The monoisotopic (exact) mass is 324 g/mol. The highest BCUT2D eigenvalue weighted by Gasteiger charge is 2.29. The molecule has 7 nitrogen and oxygen atoms in total. The fraction of sp³-hybridized carbons (Fsp3) is 0.353. The second-order valence-corrected chi connectivity index (χ2v) is 6.14. The van der Waals surface area contributed by atoms with Gasteiger partial charge in [0.2, 0.25) is 0 Å². The highest BCUT2D eigenvalue weighted by Crippen LogP contribution is 2.29. The van der Waals surface area contributed by atoms with Gasteiger partial charge in [-0.3, -0.25) is 0 Å². The minimum atomic E-state index is -0.149. The van der Waals surface area contributed by atoms with E-state index in [-0.39, 0.29) is 18.1 Å². The number of hydrogen-bond acceptors (Lipinski definition) is 3. The third-order valence-electron chi connectivity index (χ3n) is 4.55. The fourth-order valence-corrected chi connectivity index (χ4v) is 3.39. The Morgan fingerprint density at radius 2 is 2.25 bits per heavy atom. The molecule has 2 atom stereocenters. The fourth-order valence-electron chi connectivity index (χ4n) is 3.39. The highest BCUT2D eigenvalue weighted by atomic mass is 16.2. The van der Waals surface area contributed by atoms with Crippen LogP contribution in [0.3, 0.4) is 0 Å². The summed E-state index contributed by atoms with van der Waals surface area (Å²) in [7, 11) is 0. The maximum absolute atomic E-state index is 12.2. The molecule has 2 N–H and O–H groups in total. The molecule has 3 heterocycles. The van der Waals surface area contributed by atoms with Gasteiger partial charge in [-0.1, -0.05) is 6.07 Å². The summed E-state index contributed by atoms with van der Waals surface area (Å²) in [5, 5.41) is 5.99. The molecule has 24 heavy (non-hydrogen) atoms. The average Bonchev–Trinajstić information content (AvgIpc) is 3.32. The van der Waals surface area contributed by atoms with Crippen LogP contribution < -0.4 is 10.6 Å². The first-order valence-electron chi connectivity index (χ1n) is 8.24. The lowest BCUT2D eigenvalue weighted by atomic mass is 10.2. The molecule has 0 spiro atoms. The maximum Gasteiger partial charge on any atom is 0.315 e. The number of imidazole rings is 2. The quantitative estimate of drug-likeness (QED) is 0.772. The molecule has 0 bridgehead atoms. The Balaban J connectivity index is 1.34. The number of pyridine rings is 1. The summed E-state index contributed by atoms with van der Waals surface area (Å²) in [5.41, 5.74) is 1.72. The summed E-state index contributed by atoms with van der Waals surface area (Å²) in [5.74, 6) is 0. The van der Waals surface area contributed by atoms with Gasteiger partial charge < -0.3 is 19.6 Å². The largest absolute Gasteiger partial charge is 0.333 e. The van der Waals surface area contributed by atoms with E-state index in [4.69, 9.17) is 0 Å². The second kappa shape index (κ2) is 6.35. The number of rotatable bonds is 4. The van der Waals surface area contributed by atoms with E-state index < -0.39 is 0 Å². The van der Waals surface area contributed by atoms with Gasteiger partial charge in [0.25, 0.3) is 0 Å². The Hall–Kier alpha value is -2.83. The maximum atomic E-state index is 12.2. The summed E-state index contributed by atoms with van der Waals surface area (Å²) in [6.07, 6.45) is 12.6. The van der Waals surface area contributed by atoms with Crippen LogP contribution in [0.4, 0.5) is 4.79 Å². The van der Waals surface area contributed by atoms with Crippen molar-refractivity contribution in [2.45, 2.75) is 37.9 Å². The third kappa shape index (κ3) is 2.97. The molecule has 4 rings (SSSR count). The van der Waals surface area contributed by atoms with E-state index in [1.54, 1.807) is 6.20 Å². The van der Waals surface area contributed by atoms with Crippen molar-refractivity contribution in [2.24, 2.45) is 0 Å². The summed E-state index contributed by atoms with van der Waals surface area (Å²) < 4.78 is 4.03. The van der Waals surface area contributed by atoms with Crippen LogP contribution in [0.2, 0.25) is 0 Å². The van der Waals surface area contributed by atoms with E-state index in [1.165, 1.54) is 0 Å². The van der Waals surface area contributed by atoms with Crippen molar-refractivity contribution in [3.63, 3.8) is 0 Å². The number of amides is 2.